The van der Waals surface area contributed by atoms with Crippen LogP contribution in [-0.2, 0) is 32.6 Å². The van der Waals surface area contributed by atoms with Crippen LogP contribution in [0.15, 0.2) is 144 Å². The lowest BCUT2D eigenvalue weighted by atomic mass is 10.0. The van der Waals surface area contributed by atoms with Crippen molar-refractivity contribution in [2.45, 2.75) is 23.9 Å². The van der Waals surface area contributed by atoms with Gasteiger partial charge in [-0.15, -0.1) is 0 Å². The summed E-state index contributed by atoms with van der Waals surface area (Å²) in [5, 5.41) is 2.69. The standard InChI is InChI=1S/C38H37N3O6S/c1-39-38(43)36(26-29-13-6-3-7-14-29)40(27-30-15-12-18-34(25-30)46-2)37(42)28-41(48(44,45)35-19-10-5-11-20-35)31-21-23-33(24-22-31)47-32-16-8-4-9-17-32/h3-25,36H,26-28H2,1-2H3,(H,39,43)/t36-/m0/s1. The van der Waals surface area contributed by atoms with Gasteiger partial charge in [-0.1, -0.05) is 78.9 Å². The zero-order valence-electron chi connectivity index (χ0n) is 26.7. The average molecular weight is 664 g/mol. The van der Waals surface area contributed by atoms with E-state index in [0.29, 0.717) is 22.8 Å². The van der Waals surface area contributed by atoms with Gasteiger partial charge in [0.25, 0.3) is 10.0 Å². The molecule has 0 saturated carbocycles. The van der Waals surface area contributed by atoms with Gasteiger partial charge in [-0.3, -0.25) is 13.9 Å². The van der Waals surface area contributed by atoms with Crippen molar-refractivity contribution in [1.82, 2.24) is 10.2 Å². The van der Waals surface area contributed by atoms with E-state index in [4.69, 9.17) is 9.47 Å². The topological polar surface area (TPSA) is 105 Å². The monoisotopic (exact) mass is 663 g/mol. The zero-order chi connectivity index (χ0) is 33.9. The van der Waals surface area contributed by atoms with E-state index in [0.717, 1.165) is 9.87 Å². The summed E-state index contributed by atoms with van der Waals surface area (Å²) in [6.07, 6.45) is 0.215. The van der Waals surface area contributed by atoms with Gasteiger partial charge in [0, 0.05) is 20.0 Å². The third-order valence-corrected chi connectivity index (χ3v) is 9.51. The average Bonchev–Trinajstić information content (AvgIpc) is 3.13. The Morgan fingerprint density at radius 1 is 0.708 bits per heavy atom. The van der Waals surface area contributed by atoms with E-state index in [1.807, 2.05) is 66.7 Å². The van der Waals surface area contributed by atoms with Crippen molar-refractivity contribution < 1.29 is 27.5 Å². The fourth-order valence-corrected chi connectivity index (χ4v) is 6.68. The van der Waals surface area contributed by atoms with Gasteiger partial charge < -0.3 is 19.7 Å². The number of rotatable bonds is 14. The Balaban J connectivity index is 1.54. The van der Waals surface area contributed by atoms with Crippen molar-refractivity contribution in [2.75, 3.05) is 25.0 Å². The summed E-state index contributed by atoms with van der Waals surface area (Å²) in [6, 6.07) is 39.3. The maximum atomic E-state index is 14.5. The molecule has 0 heterocycles. The van der Waals surface area contributed by atoms with Crippen molar-refractivity contribution in [3.8, 4) is 17.2 Å². The summed E-state index contributed by atoms with van der Waals surface area (Å²) in [4.78, 5) is 29.4. The van der Waals surface area contributed by atoms with Gasteiger partial charge in [0.15, 0.2) is 0 Å². The molecule has 0 bridgehead atoms. The molecular formula is C38H37N3O6S. The van der Waals surface area contributed by atoms with Crippen molar-refractivity contribution >= 4 is 27.5 Å². The first kappa shape index (κ1) is 33.7. The van der Waals surface area contributed by atoms with Crippen LogP contribution in [0.4, 0.5) is 5.69 Å². The molecule has 0 fully saturated rings. The van der Waals surface area contributed by atoms with E-state index in [2.05, 4.69) is 5.32 Å². The highest BCUT2D eigenvalue weighted by molar-refractivity contribution is 7.92. The van der Waals surface area contributed by atoms with Crippen molar-refractivity contribution in [2.24, 2.45) is 0 Å². The van der Waals surface area contributed by atoms with Crippen LogP contribution in [0, 0.1) is 0 Å². The van der Waals surface area contributed by atoms with E-state index in [1.54, 1.807) is 67.8 Å². The number of hydrogen-bond acceptors (Lipinski definition) is 6. The number of anilines is 1. The van der Waals surface area contributed by atoms with Gasteiger partial charge in [0.1, 0.15) is 29.8 Å². The lowest BCUT2D eigenvalue weighted by molar-refractivity contribution is -0.139. The lowest BCUT2D eigenvalue weighted by Gasteiger charge is -2.33. The third kappa shape index (κ3) is 8.40. The molecule has 1 N–H and O–H groups in total. The van der Waals surface area contributed by atoms with Crippen LogP contribution in [0.1, 0.15) is 11.1 Å². The first-order valence-electron chi connectivity index (χ1n) is 15.4. The fraction of sp³-hybridized carbons (Fsp3) is 0.158. The summed E-state index contributed by atoms with van der Waals surface area (Å²) >= 11 is 0. The van der Waals surface area contributed by atoms with Crippen LogP contribution in [0.25, 0.3) is 0 Å². The predicted molar refractivity (Wildman–Crippen MR) is 185 cm³/mol. The van der Waals surface area contributed by atoms with E-state index < -0.39 is 28.5 Å². The SMILES string of the molecule is CNC(=O)[C@H](Cc1ccccc1)N(Cc1cccc(OC)c1)C(=O)CN(c1ccc(Oc2ccccc2)cc1)S(=O)(=O)c1ccccc1. The molecule has 0 radical (unpaired) electrons. The number of para-hydroxylation sites is 1. The molecule has 2 amide bonds. The molecule has 0 aliphatic rings. The fourth-order valence-electron chi connectivity index (χ4n) is 5.24. The number of likely N-dealkylation sites (N-methyl/N-ethyl adjacent to an activating group) is 1. The van der Waals surface area contributed by atoms with Gasteiger partial charge in [0.2, 0.25) is 11.8 Å². The minimum absolute atomic E-state index is 0.0221. The Bertz CT molecular complexity index is 1910. The second kappa shape index (κ2) is 15.8. The number of sulfonamides is 1. The number of amides is 2. The number of carbonyl (C=O) groups is 2. The summed E-state index contributed by atoms with van der Waals surface area (Å²) in [7, 11) is -1.16. The van der Waals surface area contributed by atoms with Gasteiger partial charge in [0.05, 0.1) is 17.7 Å². The molecule has 246 valence electrons. The van der Waals surface area contributed by atoms with Crippen LogP contribution in [-0.4, -0.2) is 51.9 Å². The molecule has 0 aliphatic heterocycles. The van der Waals surface area contributed by atoms with Crippen LogP contribution in [0.5, 0.6) is 17.2 Å². The quantitative estimate of drug-likeness (QED) is 0.155. The first-order valence-corrected chi connectivity index (χ1v) is 16.8. The minimum Gasteiger partial charge on any atom is -0.497 e. The summed E-state index contributed by atoms with van der Waals surface area (Å²) in [5.74, 6) is 0.767. The number of carbonyl (C=O) groups excluding carboxylic acids is 2. The number of benzene rings is 5. The van der Waals surface area contributed by atoms with E-state index >= 15 is 0 Å². The molecule has 9 nitrogen and oxygen atoms in total. The molecular weight excluding hydrogens is 627 g/mol. The second-order valence-electron chi connectivity index (χ2n) is 10.9. The third-order valence-electron chi connectivity index (χ3n) is 7.72. The Labute approximate surface area is 281 Å². The molecule has 0 unspecified atom stereocenters. The van der Waals surface area contributed by atoms with Crippen LogP contribution in [0.2, 0.25) is 0 Å². The number of hydrogen-bond donors (Lipinski definition) is 1. The lowest BCUT2D eigenvalue weighted by Crippen LogP contribution is -2.53. The zero-order valence-corrected chi connectivity index (χ0v) is 27.5. The molecule has 5 rings (SSSR count). The summed E-state index contributed by atoms with van der Waals surface area (Å²) in [6.45, 7) is -0.535. The van der Waals surface area contributed by atoms with Gasteiger partial charge >= 0.3 is 0 Å². The van der Waals surface area contributed by atoms with E-state index in [-0.39, 0.29) is 29.5 Å². The highest BCUT2D eigenvalue weighted by atomic mass is 32.2. The molecule has 0 aliphatic carbocycles. The largest absolute Gasteiger partial charge is 0.497 e. The molecule has 48 heavy (non-hydrogen) atoms. The maximum Gasteiger partial charge on any atom is 0.264 e. The van der Waals surface area contributed by atoms with Crippen LogP contribution < -0.4 is 19.1 Å². The van der Waals surface area contributed by atoms with Crippen molar-refractivity contribution in [3.05, 3.63) is 151 Å². The van der Waals surface area contributed by atoms with Gasteiger partial charge in [-0.25, -0.2) is 8.42 Å². The number of ether oxygens (including phenoxy) is 2. The van der Waals surface area contributed by atoms with E-state index in [9.17, 15) is 18.0 Å². The second-order valence-corrected chi connectivity index (χ2v) is 12.8. The predicted octanol–water partition coefficient (Wildman–Crippen LogP) is 6.07. The highest BCUT2D eigenvalue weighted by Gasteiger charge is 2.34. The molecule has 1 atom stereocenters. The molecule has 0 aromatic heterocycles. The molecule has 10 heteroatoms. The minimum atomic E-state index is -4.22. The molecule has 5 aromatic carbocycles. The van der Waals surface area contributed by atoms with E-state index in [1.165, 1.54) is 24.1 Å². The first-order chi connectivity index (χ1) is 23.3. The molecule has 5 aromatic rings. The van der Waals surface area contributed by atoms with Crippen LogP contribution >= 0.6 is 0 Å². The highest BCUT2D eigenvalue weighted by Crippen LogP contribution is 2.29. The van der Waals surface area contributed by atoms with Crippen molar-refractivity contribution in [1.29, 1.82) is 0 Å². The number of nitrogens with one attached hydrogen (secondary N) is 1. The Kier molecular flexibility index (Phi) is 11.1. The normalized spacial score (nSPS) is 11.6. The Hall–Kier alpha value is -5.61. The number of methoxy groups -OCH3 is 1. The molecule has 0 spiro atoms. The number of nitrogens with zero attached hydrogens (tertiary/aromatic N) is 2. The summed E-state index contributed by atoms with van der Waals surface area (Å²) in [5.41, 5.74) is 1.82. The smallest absolute Gasteiger partial charge is 0.264 e. The molecule has 0 saturated heterocycles. The van der Waals surface area contributed by atoms with Crippen LogP contribution in [0.3, 0.4) is 0 Å². The van der Waals surface area contributed by atoms with Gasteiger partial charge in [-0.05, 0) is 71.8 Å². The Morgan fingerprint density at radius 2 is 1.27 bits per heavy atom. The van der Waals surface area contributed by atoms with Gasteiger partial charge in [-0.2, -0.15) is 0 Å². The maximum absolute atomic E-state index is 14.5. The van der Waals surface area contributed by atoms with Crippen molar-refractivity contribution in [3.63, 3.8) is 0 Å². The Morgan fingerprint density at radius 3 is 1.90 bits per heavy atom. The summed E-state index contributed by atoms with van der Waals surface area (Å²) < 4.78 is 40.8.